The van der Waals surface area contributed by atoms with Crippen molar-refractivity contribution in [2.45, 2.75) is 13.1 Å². The first-order chi connectivity index (χ1) is 3.13. The van der Waals surface area contributed by atoms with Crippen LogP contribution in [0, 0.1) is 0 Å². The summed E-state index contributed by atoms with van der Waals surface area (Å²) in [4.78, 5) is 2.24. The summed E-state index contributed by atoms with van der Waals surface area (Å²) in [6.45, 7) is 4.65. The Bertz CT molecular complexity index is 37.3. The van der Waals surface area contributed by atoms with E-state index in [1.807, 2.05) is 0 Å². The fourth-order valence-electron chi connectivity index (χ4n) is 0.632. The summed E-state index contributed by atoms with van der Waals surface area (Å²) in [5.74, 6) is 0. The first-order valence-electron chi connectivity index (χ1n) is 2.56. The van der Waals surface area contributed by atoms with Crippen molar-refractivity contribution in [1.82, 2.24) is 4.90 Å². The van der Waals surface area contributed by atoms with Crippen LogP contribution in [0.3, 0.4) is 0 Å². The SMILES string of the molecule is CN(C)C[Si](C)C. The van der Waals surface area contributed by atoms with Gasteiger partial charge in [0, 0.05) is 0 Å². The minimum Gasteiger partial charge on any atom is -0.312 e. The van der Waals surface area contributed by atoms with E-state index in [9.17, 15) is 0 Å². The minimum absolute atomic E-state index is 0.00823. The molecule has 0 aromatic carbocycles. The average Bonchev–Trinajstić information content (AvgIpc) is 1.27. The maximum absolute atomic E-state index is 2.32. The van der Waals surface area contributed by atoms with Crippen LogP contribution in [0.5, 0.6) is 0 Å². The van der Waals surface area contributed by atoms with Gasteiger partial charge in [-0.1, -0.05) is 13.1 Å². The molecular weight excluding hydrogens is 102 g/mol. The second-order valence-corrected chi connectivity index (χ2v) is 5.18. The maximum atomic E-state index is 2.32. The van der Waals surface area contributed by atoms with Crippen LogP contribution < -0.4 is 0 Å². The second-order valence-electron chi connectivity index (χ2n) is 2.44. The highest BCUT2D eigenvalue weighted by molar-refractivity contribution is 6.55. The zero-order valence-electron chi connectivity index (χ0n) is 5.65. The zero-order chi connectivity index (χ0) is 5.86. The molecule has 0 rings (SSSR count). The largest absolute Gasteiger partial charge is 0.312 e. The Morgan fingerprint density at radius 2 is 1.71 bits per heavy atom. The fraction of sp³-hybridized carbons (Fsp3) is 1.00. The van der Waals surface area contributed by atoms with E-state index in [-0.39, 0.29) is 8.80 Å². The predicted octanol–water partition coefficient (Wildman–Crippen LogP) is 0.842. The van der Waals surface area contributed by atoms with Gasteiger partial charge in [-0.05, 0) is 20.3 Å². The monoisotopic (exact) mass is 116 g/mol. The van der Waals surface area contributed by atoms with E-state index in [0.717, 1.165) is 0 Å². The second kappa shape index (κ2) is 3.21. The van der Waals surface area contributed by atoms with E-state index in [2.05, 4.69) is 32.1 Å². The highest BCUT2D eigenvalue weighted by atomic mass is 28.3. The molecule has 0 aromatic heterocycles. The molecule has 0 amide bonds. The molecule has 0 bridgehead atoms. The van der Waals surface area contributed by atoms with Gasteiger partial charge in [0.15, 0.2) is 0 Å². The Morgan fingerprint density at radius 3 is 1.71 bits per heavy atom. The van der Waals surface area contributed by atoms with Crippen LogP contribution in [0.4, 0.5) is 0 Å². The summed E-state index contributed by atoms with van der Waals surface area (Å²) in [7, 11) is 4.24. The fourth-order valence-corrected chi connectivity index (χ4v) is 1.90. The Balaban J connectivity index is 2.95. The smallest absolute Gasteiger partial charge is 0.0584 e. The lowest BCUT2D eigenvalue weighted by atomic mass is 11.0. The topological polar surface area (TPSA) is 3.24 Å². The molecule has 1 nitrogen and oxygen atoms in total. The summed E-state index contributed by atoms with van der Waals surface area (Å²) in [6, 6.07) is 0. The lowest BCUT2D eigenvalue weighted by Crippen LogP contribution is -2.24. The van der Waals surface area contributed by atoms with Gasteiger partial charge in [-0.25, -0.2) is 0 Å². The van der Waals surface area contributed by atoms with Gasteiger partial charge >= 0.3 is 0 Å². The van der Waals surface area contributed by atoms with E-state index < -0.39 is 0 Å². The molecule has 0 fully saturated rings. The molecule has 2 heteroatoms. The molecule has 1 radical (unpaired) electrons. The van der Waals surface area contributed by atoms with Crippen LogP contribution in [0.25, 0.3) is 0 Å². The van der Waals surface area contributed by atoms with Crippen molar-refractivity contribution in [3.05, 3.63) is 0 Å². The third kappa shape index (κ3) is 6.18. The van der Waals surface area contributed by atoms with Gasteiger partial charge in [0.05, 0.1) is 8.80 Å². The van der Waals surface area contributed by atoms with Crippen LogP contribution in [-0.4, -0.2) is 34.0 Å². The molecule has 0 spiro atoms. The van der Waals surface area contributed by atoms with Crippen molar-refractivity contribution >= 4 is 8.80 Å². The highest BCUT2D eigenvalue weighted by Gasteiger charge is 1.94. The van der Waals surface area contributed by atoms with Crippen molar-refractivity contribution in [3.8, 4) is 0 Å². The Morgan fingerprint density at radius 1 is 1.29 bits per heavy atom. The van der Waals surface area contributed by atoms with Gasteiger partial charge in [-0.3, -0.25) is 0 Å². The van der Waals surface area contributed by atoms with E-state index >= 15 is 0 Å². The molecule has 7 heavy (non-hydrogen) atoms. The molecule has 0 aliphatic heterocycles. The number of hydrogen-bond acceptors (Lipinski definition) is 1. The van der Waals surface area contributed by atoms with Gasteiger partial charge < -0.3 is 4.90 Å². The Labute approximate surface area is 47.9 Å². The molecule has 0 saturated heterocycles. The van der Waals surface area contributed by atoms with Crippen molar-refractivity contribution in [1.29, 1.82) is 0 Å². The molecule has 0 saturated carbocycles. The summed E-state index contributed by atoms with van der Waals surface area (Å²) >= 11 is 0. The molecule has 0 atom stereocenters. The molecule has 0 aromatic rings. The van der Waals surface area contributed by atoms with E-state index in [1.165, 1.54) is 6.17 Å². The van der Waals surface area contributed by atoms with Crippen LogP contribution in [0.2, 0.25) is 13.1 Å². The first-order valence-corrected chi connectivity index (χ1v) is 5.27. The molecule has 0 heterocycles. The van der Waals surface area contributed by atoms with E-state index in [4.69, 9.17) is 0 Å². The Kier molecular flexibility index (Phi) is 3.30. The highest BCUT2D eigenvalue weighted by Crippen LogP contribution is 1.80. The third-order valence-corrected chi connectivity index (χ3v) is 1.90. The number of nitrogens with zero attached hydrogens (tertiary/aromatic N) is 1. The van der Waals surface area contributed by atoms with Crippen molar-refractivity contribution in [2.24, 2.45) is 0 Å². The van der Waals surface area contributed by atoms with Crippen molar-refractivity contribution in [2.75, 3.05) is 20.3 Å². The van der Waals surface area contributed by atoms with E-state index in [1.54, 1.807) is 0 Å². The van der Waals surface area contributed by atoms with Gasteiger partial charge in [-0.15, -0.1) is 0 Å². The molecule has 43 valence electrons. The first kappa shape index (κ1) is 7.18. The summed E-state index contributed by atoms with van der Waals surface area (Å²) in [5.41, 5.74) is 0. The number of rotatable bonds is 2. The lowest BCUT2D eigenvalue weighted by molar-refractivity contribution is 0.475. The lowest BCUT2D eigenvalue weighted by Gasteiger charge is -2.09. The zero-order valence-corrected chi connectivity index (χ0v) is 6.65. The third-order valence-electron chi connectivity index (χ3n) is 0.632. The normalized spacial score (nSPS) is 11.1. The van der Waals surface area contributed by atoms with Crippen molar-refractivity contribution < 1.29 is 0 Å². The quantitative estimate of drug-likeness (QED) is 0.483. The standard InChI is InChI=1S/C5H14NSi/c1-6(2)5-7(3)4/h5H2,1-4H3. The van der Waals surface area contributed by atoms with Gasteiger partial charge in [0.2, 0.25) is 0 Å². The molecule has 0 aliphatic carbocycles. The van der Waals surface area contributed by atoms with Crippen LogP contribution in [-0.2, 0) is 0 Å². The molecule has 0 N–H and O–H groups in total. The average molecular weight is 116 g/mol. The van der Waals surface area contributed by atoms with Crippen LogP contribution in [0.1, 0.15) is 0 Å². The summed E-state index contributed by atoms with van der Waals surface area (Å²) < 4.78 is 0. The minimum atomic E-state index is -0.00823. The molecule has 0 aliphatic rings. The van der Waals surface area contributed by atoms with E-state index in [0.29, 0.717) is 0 Å². The molecular formula is C5H14NSi. The van der Waals surface area contributed by atoms with Crippen LogP contribution >= 0.6 is 0 Å². The summed E-state index contributed by atoms with van der Waals surface area (Å²) in [6.07, 6.45) is 1.30. The predicted molar refractivity (Wildman–Crippen MR) is 36.0 cm³/mol. The maximum Gasteiger partial charge on any atom is 0.0584 e. The van der Waals surface area contributed by atoms with Gasteiger partial charge in [0.1, 0.15) is 0 Å². The Hall–Kier alpha value is 0.177. The van der Waals surface area contributed by atoms with Crippen molar-refractivity contribution in [3.63, 3.8) is 0 Å². The number of hydrogen-bond donors (Lipinski definition) is 0. The van der Waals surface area contributed by atoms with Gasteiger partial charge in [-0.2, -0.15) is 0 Å². The van der Waals surface area contributed by atoms with Crippen LogP contribution in [0.15, 0.2) is 0 Å². The van der Waals surface area contributed by atoms with Gasteiger partial charge in [0.25, 0.3) is 0 Å². The molecule has 0 unspecified atom stereocenters. The summed E-state index contributed by atoms with van der Waals surface area (Å²) in [5, 5.41) is 0.